The molecule has 13 heavy (non-hydrogen) atoms. The second kappa shape index (κ2) is 2.85. The fraction of sp³-hybridized carbons (Fsp3) is 0.300. The molecule has 0 fully saturated rings. The standard InChI is InChI=1S/C10H12N2O/c1-6-3-4-8-9(5-6)12-10(11-8)7(2)13/h3-5,7,13H,1-2H3,(H,11,12)/t7-/m0/s1. The van der Waals surface area contributed by atoms with Gasteiger partial charge in [0.15, 0.2) is 0 Å². The predicted molar refractivity (Wildman–Crippen MR) is 51.5 cm³/mol. The molecule has 3 nitrogen and oxygen atoms in total. The largest absolute Gasteiger partial charge is 0.385 e. The Kier molecular flexibility index (Phi) is 1.81. The van der Waals surface area contributed by atoms with Gasteiger partial charge >= 0.3 is 0 Å². The summed E-state index contributed by atoms with van der Waals surface area (Å²) >= 11 is 0. The van der Waals surface area contributed by atoms with Gasteiger partial charge < -0.3 is 10.1 Å². The van der Waals surface area contributed by atoms with E-state index in [0.717, 1.165) is 11.0 Å². The maximum absolute atomic E-state index is 9.30. The number of hydrogen-bond donors (Lipinski definition) is 2. The first kappa shape index (κ1) is 8.26. The quantitative estimate of drug-likeness (QED) is 0.697. The van der Waals surface area contributed by atoms with Crippen molar-refractivity contribution in [2.45, 2.75) is 20.0 Å². The van der Waals surface area contributed by atoms with Crippen LogP contribution < -0.4 is 0 Å². The molecule has 68 valence electrons. The van der Waals surface area contributed by atoms with Crippen molar-refractivity contribution in [3.05, 3.63) is 29.6 Å². The Hall–Kier alpha value is -1.35. The summed E-state index contributed by atoms with van der Waals surface area (Å²) in [6.45, 7) is 3.73. The van der Waals surface area contributed by atoms with E-state index in [1.807, 2.05) is 25.1 Å². The number of nitrogens with one attached hydrogen (secondary N) is 1. The molecule has 1 heterocycles. The van der Waals surface area contributed by atoms with Crippen molar-refractivity contribution in [1.29, 1.82) is 0 Å². The molecule has 2 N–H and O–H groups in total. The van der Waals surface area contributed by atoms with Gasteiger partial charge in [0.1, 0.15) is 11.9 Å². The third-order valence-corrected chi connectivity index (χ3v) is 2.05. The first-order valence-corrected chi connectivity index (χ1v) is 4.31. The van der Waals surface area contributed by atoms with Gasteiger partial charge in [-0.2, -0.15) is 0 Å². The zero-order valence-electron chi connectivity index (χ0n) is 7.70. The van der Waals surface area contributed by atoms with E-state index < -0.39 is 6.10 Å². The Bertz CT molecular complexity index is 431. The third-order valence-electron chi connectivity index (χ3n) is 2.05. The number of aliphatic hydroxyl groups is 1. The molecule has 0 spiro atoms. The Morgan fingerprint density at radius 2 is 2.23 bits per heavy atom. The predicted octanol–water partition coefficient (Wildman–Crippen LogP) is 1.92. The highest BCUT2D eigenvalue weighted by molar-refractivity contribution is 5.75. The molecule has 0 aliphatic carbocycles. The maximum Gasteiger partial charge on any atom is 0.135 e. The second-order valence-electron chi connectivity index (χ2n) is 3.32. The van der Waals surface area contributed by atoms with Crippen molar-refractivity contribution in [3.8, 4) is 0 Å². The normalized spacial score (nSPS) is 13.5. The molecule has 0 saturated heterocycles. The van der Waals surface area contributed by atoms with E-state index in [9.17, 15) is 5.11 Å². The first-order valence-electron chi connectivity index (χ1n) is 4.31. The summed E-state index contributed by atoms with van der Waals surface area (Å²) in [7, 11) is 0. The van der Waals surface area contributed by atoms with Crippen LogP contribution in [-0.4, -0.2) is 15.1 Å². The number of hydrogen-bond acceptors (Lipinski definition) is 2. The van der Waals surface area contributed by atoms with Gasteiger partial charge in [-0.15, -0.1) is 0 Å². The zero-order chi connectivity index (χ0) is 9.42. The number of rotatable bonds is 1. The van der Waals surface area contributed by atoms with Gasteiger partial charge in [-0.1, -0.05) is 6.07 Å². The van der Waals surface area contributed by atoms with E-state index in [-0.39, 0.29) is 0 Å². The molecule has 0 aliphatic heterocycles. The molecule has 2 rings (SSSR count). The molecule has 3 heteroatoms. The molecule has 2 aromatic rings. The molecule has 1 aromatic carbocycles. The van der Waals surface area contributed by atoms with Crippen molar-refractivity contribution >= 4 is 11.0 Å². The molecule has 0 saturated carbocycles. The summed E-state index contributed by atoms with van der Waals surface area (Å²) < 4.78 is 0. The van der Waals surface area contributed by atoms with Gasteiger partial charge in [0, 0.05) is 0 Å². The summed E-state index contributed by atoms with van der Waals surface area (Å²) in [5.74, 6) is 0.626. The van der Waals surface area contributed by atoms with Gasteiger partial charge in [0.2, 0.25) is 0 Å². The lowest BCUT2D eigenvalue weighted by molar-refractivity contribution is 0.190. The molecule has 0 amide bonds. The van der Waals surface area contributed by atoms with E-state index in [1.54, 1.807) is 6.92 Å². The number of aliphatic hydroxyl groups excluding tert-OH is 1. The van der Waals surface area contributed by atoms with Crippen LogP contribution in [0, 0.1) is 6.92 Å². The number of imidazole rings is 1. The number of benzene rings is 1. The maximum atomic E-state index is 9.30. The molecule has 0 unspecified atom stereocenters. The average molecular weight is 176 g/mol. The van der Waals surface area contributed by atoms with E-state index in [0.29, 0.717) is 5.82 Å². The minimum absolute atomic E-state index is 0.535. The van der Waals surface area contributed by atoms with E-state index in [2.05, 4.69) is 9.97 Å². The number of nitrogens with zero attached hydrogens (tertiary/aromatic N) is 1. The van der Waals surface area contributed by atoms with Crippen LogP contribution in [-0.2, 0) is 0 Å². The lowest BCUT2D eigenvalue weighted by Crippen LogP contribution is -1.92. The minimum atomic E-state index is -0.535. The Labute approximate surface area is 76.4 Å². The smallest absolute Gasteiger partial charge is 0.135 e. The van der Waals surface area contributed by atoms with Crippen LogP contribution in [0.4, 0.5) is 0 Å². The van der Waals surface area contributed by atoms with Crippen LogP contribution in [0.2, 0.25) is 0 Å². The molecule has 0 aliphatic rings. The van der Waals surface area contributed by atoms with Crippen molar-refractivity contribution < 1.29 is 5.11 Å². The SMILES string of the molecule is Cc1ccc2nc([C@H](C)O)[nH]c2c1. The molecular weight excluding hydrogens is 164 g/mol. The van der Waals surface area contributed by atoms with Gasteiger partial charge in [-0.3, -0.25) is 0 Å². The van der Waals surface area contributed by atoms with Crippen LogP contribution in [0.3, 0.4) is 0 Å². The Morgan fingerprint density at radius 1 is 1.46 bits per heavy atom. The van der Waals surface area contributed by atoms with Crippen LogP contribution in [0.15, 0.2) is 18.2 Å². The van der Waals surface area contributed by atoms with Gasteiger partial charge in [-0.25, -0.2) is 4.98 Å². The van der Waals surface area contributed by atoms with E-state index in [4.69, 9.17) is 0 Å². The summed E-state index contributed by atoms with van der Waals surface area (Å²) in [6, 6.07) is 5.98. The summed E-state index contributed by atoms with van der Waals surface area (Å²) in [4.78, 5) is 7.32. The summed E-state index contributed by atoms with van der Waals surface area (Å²) in [6.07, 6.45) is -0.535. The molecular formula is C10H12N2O. The van der Waals surface area contributed by atoms with E-state index >= 15 is 0 Å². The van der Waals surface area contributed by atoms with Crippen LogP contribution in [0.5, 0.6) is 0 Å². The Balaban J connectivity index is 2.62. The molecule has 0 bridgehead atoms. The van der Waals surface area contributed by atoms with Crippen molar-refractivity contribution in [1.82, 2.24) is 9.97 Å². The number of fused-ring (bicyclic) bond motifs is 1. The molecule has 1 atom stereocenters. The fourth-order valence-corrected chi connectivity index (χ4v) is 1.34. The number of H-pyrrole nitrogens is 1. The van der Waals surface area contributed by atoms with Gasteiger partial charge in [0.25, 0.3) is 0 Å². The zero-order valence-corrected chi connectivity index (χ0v) is 7.70. The molecule has 1 aromatic heterocycles. The van der Waals surface area contributed by atoms with Gasteiger partial charge in [-0.05, 0) is 31.5 Å². The average Bonchev–Trinajstić information content (AvgIpc) is 2.46. The number of aromatic nitrogens is 2. The Morgan fingerprint density at radius 3 is 2.92 bits per heavy atom. The minimum Gasteiger partial charge on any atom is -0.385 e. The van der Waals surface area contributed by atoms with Crippen molar-refractivity contribution in [2.24, 2.45) is 0 Å². The molecule has 0 radical (unpaired) electrons. The number of aromatic amines is 1. The number of aryl methyl sites for hydroxylation is 1. The highest BCUT2D eigenvalue weighted by Crippen LogP contribution is 2.16. The lowest BCUT2D eigenvalue weighted by Gasteiger charge is -1.95. The van der Waals surface area contributed by atoms with E-state index in [1.165, 1.54) is 5.56 Å². The van der Waals surface area contributed by atoms with Crippen molar-refractivity contribution in [3.63, 3.8) is 0 Å². The first-order chi connectivity index (χ1) is 6.16. The fourth-order valence-electron chi connectivity index (χ4n) is 1.34. The van der Waals surface area contributed by atoms with Crippen LogP contribution in [0.25, 0.3) is 11.0 Å². The summed E-state index contributed by atoms with van der Waals surface area (Å²) in [5, 5.41) is 9.30. The summed E-state index contributed by atoms with van der Waals surface area (Å²) in [5.41, 5.74) is 3.07. The van der Waals surface area contributed by atoms with Crippen molar-refractivity contribution in [2.75, 3.05) is 0 Å². The van der Waals surface area contributed by atoms with Crippen LogP contribution in [0.1, 0.15) is 24.4 Å². The highest BCUT2D eigenvalue weighted by atomic mass is 16.3. The second-order valence-corrected chi connectivity index (χ2v) is 3.32. The lowest BCUT2D eigenvalue weighted by atomic mass is 10.2. The van der Waals surface area contributed by atoms with Gasteiger partial charge in [0.05, 0.1) is 11.0 Å². The highest BCUT2D eigenvalue weighted by Gasteiger charge is 2.06. The monoisotopic (exact) mass is 176 g/mol. The van der Waals surface area contributed by atoms with Crippen LogP contribution >= 0.6 is 0 Å². The third kappa shape index (κ3) is 1.42. The topological polar surface area (TPSA) is 48.9 Å².